The molecule has 0 atom stereocenters. The monoisotopic (exact) mass is 679 g/mol. The third kappa shape index (κ3) is 4.30. The number of nitriles is 1. The molecule has 0 aliphatic rings. The number of aromatic nitrogens is 4. The van der Waals surface area contributed by atoms with Gasteiger partial charge in [-0.1, -0.05) is 121 Å². The Labute approximate surface area is 301 Å². The van der Waals surface area contributed by atoms with Crippen LogP contribution in [0.25, 0.3) is 106 Å². The second-order valence-electron chi connectivity index (χ2n) is 13.1. The number of rotatable bonds is 4. The summed E-state index contributed by atoms with van der Waals surface area (Å²) in [4.78, 5) is 15.1. The van der Waals surface area contributed by atoms with Crippen LogP contribution in [0, 0.1) is 11.3 Å². The van der Waals surface area contributed by atoms with E-state index in [0.717, 1.165) is 65.6 Å². The topological polar surface area (TPSA) is 93.7 Å². The maximum atomic E-state index is 11.1. The van der Waals surface area contributed by atoms with Gasteiger partial charge in [0.15, 0.2) is 28.6 Å². The van der Waals surface area contributed by atoms with Crippen LogP contribution in [0.1, 0.15) is 5.56 Å². The molecule has 246 valence electrons. The molecule has 0 unspecified atom stereocenters. The third-order valence-electron chi connectivity index (χ3n) is 10.1. The summed E-state index contributed by atoms with van der Waals surface area (Å²) in [6.07, 6.45) is 0. The minimum Gasteiger partial charge on any atom is -0.454 e. The lowest BCUT2D eigenvalue weighted by Gasteiger charge is -2.14. The van der Waals surface area contributed by atoms with E-state index in [2.05, 4.69) is 41.0 Å². The van der Waals surface area contributed by atoms with Crippen LogP contribution in [0.2, 0.25) is 0 Å². The van der Waals surface area contributed by atoms with E-state index in [1.807, 2.05) is 121 Å². The number of para-hydroxylation sites is 3. The Hall–Kier alpha value is -7.56. The molecule has 53 heavy (non-hydrogen) atoms. The molecule has 0 saturated heterocycles. The SMILES string of the molecule is N#Cc1cc(-c2nc(-c3ccccc3)nc(-c3ccccc3)n2)c2c(oc3ccccc32)c1-n1c2ccccc2c2ccc3c4ccccc4oc3c21. The molecule has 0 N–H and O–H groups in total. The van der Waals surface area contributed by atoms with Crippen molar-refractivity contribution in [2.75, 3.05) is 0 Å². The van der Waals surface area contributed by atoms with Crippen molar-refractivity contribution in [3.63, 3.8) is 0 Å². The van der Waals surface area contributed by atoms with Crippen molar-refractivity contribution < 1.29 is 8.83 Å². The minimum atomic E-state index is 0.408. The summed E-state index contributed by atoms with van der Waals surface area (Å²) in [5.74, 6) is 1.51. The third-order valence-corrected chi connectivity index (χ3v) is 10.1. The summed E-state index contributed by atoms with van der Waals surface area (Å²) in [6, 6.07) is 52.8. The van der Waals surface area contributed by atoms with Crippen molar-refractivity contribution in [1.29, 1.82) is 5.26 Å². The van der Waals surface area contributed by atoms with Gasteiger partial charge >= 0.3 is 0 Å². The van der Waals surface area contributed by atoms with Gasteiger partial charge in [-0.15, -0.1) is 0 Å². The number of hydrogen-bond acceptors (Lipinski definition) is 6. The maximum absolute atomic E-state index is 11.1. The Balaban J connectivity index is 1.29. The van der Waals surface area contributed by atoms with Gasteiger partial charge in [-0.25, -0.2) is 15.0 Å². The van der Waals surface area contributed by atoms with Gasteiger partial charge in [0.1, 0.15) is 22.9 Å². The van der Waals surface area contributed by atoms with E-state index in [-0.39, 0.29) is 0 Å². The standard InChI is InChI=1S/C46H25N5O2/c47-26-29-25-35(46-49-44(27-13-3-1-4-14-27)48-45(50-46)28-15-5-2-6-16-28)39-34-19-9-12-22-38(34)53-43(39)40(29)51-36-20-10-7-17-30(36)32-23-24-33-31-18-8-11-21-37(31)52-42(33)41(32)51/h1-25H. The quantitative estimate of drug-likeness (QED) is 0.184. The summed E-state index contributed by atoms with van der Waals surface area (Å²) in [7, 11) is 0. The molecule has 4 heterocycles. The molecule has 7 aromatic carbocycles. The first kappa shape index (κ1) is 29.2. The van der Waals surface area contributed by atoms with Gasteiger partial charge in [0.05, 0.1) is 16.6 Å². The molecule has 7 nitrogen and oxygen atoms in total. The zero-order valence-electron chi connectivity index (χ0n) is 28.0. The van der Waals surface area contributed by atoms with E-state index in [1.54, 1.807) is 0 Å². The summed E-state index contributed by atoms with van der Waals surface area (Å²) in [5.41, 5.74) is 8.02. The lowest BCUT2D eigenvalue weighted by Crippen LogP contribution is -2.03. The number of benzene rings is 7. The molecule has 0 bridgehead atoms. The van der Waals surface area contributed by atoms with Crippen LogP contribution in [0.3, 0.4) is 0 Å². The van der Waals surface area contributed by atoms with Gasteiger partial charge in [0, 0.05) is 49.0 Å². The highest BCUT2D eigenvalue weighted by Gasteiger charge is 2.27. The number of nitrogens with zero attached hydrogens (tertiary/aromatic N) is 5. The number of furan rings is 2. The van der Waals surface area contributed by atoms with Crippen molar-refractivity contribution >= 4 is 65.7 Å². The largest absolute Gasteiger partial charge is 0.454 e. The van der Waals surface area contributed by atoms with E-state index in [1.165, 1.54) is 0 Å². The highest BCUT2D eigenvalue weighted by Crippen LogP contribution is 2.46. The van der Waals surface area contributed by atoms with Crippen molar-refractivity contribution in [1.82, 2.24) is 19.5 Å². The fourth-order valence-electron chi connectivity index (χ4n) is 7.76. The molecule has 0 aliphatic carbocycles. The molecule has 0 fully saturated rings. The van der Waals surface area contributed by atoms with Crippen molar-refractivity contribution in [3.05, 3.63) is 157 Å². The smallest absolute Gasteiger partial charge is 0.164 e. The molecule has 11 aromatic rings. The molecule has 11 rings (SSSR count). The zero-order valence-corrected chi connectivity index (χ0v) is 28.0. The van der Waals surface area contributed by atoms with E-state index in [4.69, 9.17) is 23.8 Å². The van der Waals surface area contributed by atoms with E-state index < -0.39 is 0 Å². The summed E-state index contributed by atoms with van der Waals surface area (Å²) in [5, 5.41) is 16.9. The molecule has 0 saturated carbocycles. The van der Waals surface area contributed by atoms with Crippen molar-refractivity contribution in [2.24, 2.45) is 0 Å². The van der Waals surface area contributed by atoms with E-state index in [9.17, 15) is 5.26 Å². The Morgan fingerprint density at radius 1 is 0.491 bits per heavy atom. The zero-order chi connectivity index (χ0) is 35.0. The average molecular weight is 680 g/mol. The van der Waals surface area contributed by atoms with Gasteiger partial charge < -0.3 is 13.4 Å². The van der Waals surface area contributed by atoms with E-state index >= 15 is 0 Å². The summed E-state index contributed by atoms with van der Waals surface area (Å²) in [6.45, 7) is 0. The van der Waals surface area contributed by atoms with E-state index in [0.29, 0.717) is 45.5 Å². The fourth-order valence-corrected chi connectivity index (χ4v) is 7.76. The summed E-state index contributed by atoms with van der Waals surface area (Å²) >= 11 is 0. The van der Waals surface area contributed by atoms with Crippen LogP contribution in [0.5, 0.6) is 0 Å². The average Bonchev–Trinajstić information content (AvgIpc) is 3.91. The molecule has 0 amide bonds. The Kier molecular flexibility index (Phi) is 6.18. The second kappa shape index (κ2) is 11.2. The van der Waals surface area contributed by atoms with Crippen LogP contribution >= 0.6 is 0 Å². The highest BCUT2D eigenvalue weighted by atomic mass is 16.3. The van der Waals surface area contributed by atoms with Gasteiger partial charge in [-0.3, -0.25) is 0 Å². The minimum absolute atomic E-state index is 0.408. The lowest BCUT2D eigenvalue weighted by molar-refractivity contribution is 0.664. The van der Waals surface area contributed by atoms with Crippen molar-refractivity contribution in [3.8, 4) is 45.9 Å². The van der Waals surface area contributed by atoms with Crippen LogP contribution in [-0.2, 0) is 0 Å². The van der Waals surface area contributed by atoms with Crippen LogP contribution in [0.4, 0.5) is 0 Å². The molecule has 0 radical (unpaired) electrons. The number of hydrogen-bond donors (Lipinski definition) is 0. The Morgan fingerprint density at radius 2 is 1.04 bits per heavy atom. The first-order valence-electron chi connectivity index (χ1n) is 17.3. The molecule has 0 aliphatic heterocycles. The van der Waals surface area contributed by atoms with Crippen LogP contribution < -0.4 is 0 Å². The van der Waals surface area contributed by atoms with Gasteiger partial charge in [0.25, 0.3) is 0 Å². The molecule has 0 spiro atoms. The maximum Gasteiger partial charge on any atom is 0.164 e. The summed E-state index contributed by atoms with van der Waals surface area (Å²) < 4.78 is 15.6. The first-order chi connectivity index (χ1) is 26.2. The lowest BCUT2D eigenvalue weighted by atomic mass is 10.00. The Morgan fingerprint density at radius 3 is 1.74 bits per heavy atom. The predicted octanol–water partition coefficient (Wildman–Crippen LogP) is 11.6. The highest BCUT2D eigenvalue weighted by molar-refractivity contribution is 6.23. The van der Waals surface area contributed by atoms with Gasteiger partial charge in [0.2, 0.25) is 0 Å². The van der Waals surface area contributed by atoms with Crippen molar-refractivity contribution in [2.45, 2.75) is 0 Å². The van der Waals surface area contributed by atoms with Crippen LogP contribution in [-0.4, -0.2) is 19.5 Å². The fraction of sp³-hybridized carbons (Fsp3) is 0. The molecule has 4 aromatic heterocycles. The number of fused-ring (bicyclic) bond motifs is 10. The van der Waals surface area contributed by atoms with Gasteiger partial charge in [-0.05, 0) is 30.3 Å². The molecule has 7 heteroatoms. The molecular formula is C46H25N5O2. The normalized spacial score (nSPS) is 11.8. The van der Waals surface area contributed by atoms with Crippen LogP contribution in [0.15, 0.2) is 160 Å². The van der Waals surface area contributed by atoms with Gasteiger partial charge in [-0.2, -0.15) is 5.26 Å². The predicted molar refractivity (Wildman–Crippen MR) is 210 cm³/mol. The first-order valence-corrected chi connectivity index (χ1v) is 17.3. The second-order valence-corrected chi connectivity index (χ2v) is 13.1. The molecular weight excluding hydrogens is 655 g/mol. The Bertz CT molecular complexity index is 3240.